The molecule has 1 aliphatic heterocycles. The maximum atomic E-state index is 14.9. The Morgan fingerprint density at radius 3 is 2.28 bits per heavy atom. The van der Waals surface area contributed by atoms with E-state index in [1.54, 1.807) is 18.2 Å². The van der Waals surface area contributed by atoms with Crippen LogP contribution in [0.15, 0.2) is 66.7 Å². The number of ether oxygens (including phenoxy) is 2. The van der Waals surface area contributed by atoms with Gasteiger partial charge in [-0.25, -0.2) is 8.78 Å². The Labute approximate surface area is 238 Å². The molecule has 3 aromatic rings. The Hall–Kier alpha value is -3.98. The summed E-state index contributed by atoms with van der Waals surface area (Å²) in [5.74, 6) is -5.47. The summed E-state index contributed by atoms with van der Waals surface area (Å²) in [4.78, 5) is 13.6. The molecule has 0 saturated heterocycles. The fraction of sp³-hybridized carbons (Fsp3) is 0.321. The average molecular weight is 622 g/mol. The molecule has 3 unspecified atom stereocenters. The van der Waals surface area contributed by atoms with Gasteiger partial charge in [-0.05, 0) is 47.9 Å². The van der Waals surface area contributed by atoms with Crippen LogP contribution in [0.25, 0.3) is 0 Å². The zero-order valence-corrected chi connectivity index (χ0v) is 21.9. The van der Waals surface area contributed by atoms with Crippen LogP contribution in [-0.4, -0.2) is 48.1 Å². The van der Waals surface area contributed by atoms with Gasteiger partial charge in [-0.3, -0.25) is 10.1 Å². The Balaban J connectivity index is 2.01. The molecule has 6 nitrogen and oxygen atoms in total. The third kappa shape index (κ3) is 6.99. The molecule has 43 heavy (non-hydrogen) atoms. The number of aliphatic hydroxyl groups is 1. The largest absolute Gasteiger partial charge is 0.473 e. The van der Waals surface area contributed by atoms with Crippen LogP contribution in [-0.2, 0) is 16.8 Å². The molecule has 0 fully saturated rings. The maximum Gasteiger partial charge on any atom is 0.461 e. The van der Waals surface area contributed by atoms with Crippen LogP contribution in [0.1, 0.15) is 23.6 Å². The first-order valence-electron chi connectivity index (χ1n) is 12.5. The summed E-state index contributed by atoms with van der Waals surface area (Å²) in [5.41, 5.74) is -2.45. The zero-order chi connectivity index (χ0) is 31.7. The molecular formula is C28H23F9N2O4. The number of alkyl halides is 7. The summed E-state index contributed by atoms with van der Waals surface area (Å²) in [6, 6.07) is 10.0. The summed E-state index contributed by atoms with van der Waals surface area (Å²) < 4.78 is 133. The van der Waals surface area contributed by atoms with Gasteiger partial charge in [0.15, 0.2) is 17.7 Å². The lowest BCUT2D eigenvalue weighted by Crippen LogP contribution is -2.63. The maximum absolute atomic E-state index is 14.9. The minimum absolute atomic E-state index is 0.132. The summed E-state index contributed by atoms with van der Waals surface area (Å²) in [6.07, 6.45) is -20.0. The van der Waals surface area contributed by atoms with E-state index in [2.05, 4.69) is 15.4 Å². The Kier molecular flexibility index (Phi) is 8.88. The van der Waals surface area contributed by atoms with Crippen molar-refractivity contribution in [3.63, 3.8) is 0 Å². The van der Waals surface area contributed by atoms with Gasteiger partial charge in [0.25, 0.3) is 0 Å². The van der Waals surface area contributed by atoms with E-state index in [0.29, 0.717) is 23.8 Å². The molecule has 3 aromatic carbocycles. The lowest BCUT2D eigenvalue weighted by atomic mass is 9.77. The van der Waals surface area contributed by atoms with Gasteiger partial charge < -0.3 is 19.9 Å². The topological polar surface area (TPSA) is 79.8 Å². The number of nitrogens with one attached hydrogen (secondary N) is 2. The van der Waals surface area contributed by atoms with E-state index in [4.69, 9.17) is 4.74 Å². The van der Waals surface area contributed by atoms with Gasteiger partial charge in [-0.1, -0.05) is 36.4 Å². The van der Waals surface area contributed by atoms with Crippen molar-refractivity contribution in [1.82, 2.24) is 10.6 Å². The van der Waals surface area contributed by atoms with E-state index in [0.717, 1.165) is 25.1 Å². The SMILES string of the molecule is CC1NC(C(O)C(F)(F)F)C(=O)N[C@@](Cc2ccccc2)(c2cc(F)cc(OC(F)(F)C(F)F)c2)c2ccc(F)c(c2)O1. The number of carbonyl (C=O) groups excluding carboxylic acids is 1. The monoisotopic (exact) mass is 622 g/mol. The van der Waals surface area contributed by atoms with Crippen LogP contribution in [0.5, 0.6) is 11.5 Å². The van der Waals surface area contributed by atoms with Crippen molar-refractivity contribution in [2.75, 3.05) is 0 Å². The van der Waals surface area contributed by atoms with Crippen molar-refractivity contribution < 1.29 is 58.9 Å². The number of fused-ring (bicyclic) bond motifs is 2. The molecule has 15 heteroatoms. The van der Waals surface area contributed by atoms with Crippen LogP contribution < -0.4 is 20.1 Å². The van der Waals surface area contributed by atoms with Crippen molar-refractivity contribution >= 4 is 5.91 Å². The summed E-state index contributed by atoms with van der Waals surface area (Å²) >= 11 is 0. The average Bonchev–Trinajstić information content (AvgIpc) is 2.91. The molecule has 2 bridgehead atoms. The fourth-order valence-corrected chi connectivity index (χ4v) is 4.65. The lowest BCUT2D eigenvalue weighted by molar-refractivity contribution is -0.253. The van der Waals surface area contributed by atoms with Gasteiger partial charge in [0.1, 0.15) is 23.8 Å². The first-order chi connectivity index (χ1) is 20.0. The van der Waals surface area contributed by atoms with Gasteiger partial charge in [-0.2, -0.15) is 30.7 Å². The highest BCUT2D eigenvalue weighted by Gasteiger charge is 2.50. The minimum Gasteiger partial charge on any atom is -0.473 e. The summed E-state index contributed by atoms with van der Waals surface area (Å²) in [6.45, 7) is 1.15. The second-order valence-electron chi connectivity index (χ2n) is 9.73. The van der Waals surface area contributed by atoms with E-state index < -0.39 is 83.6 Å². The number of benzene rings is 3. The number of halogens is 9. The second kappa shape index (κ2) is 12.0. The molecule has 0 aliphatic carbocycles. The van der Waals surface area contributed by atoms with Gasteiger partial charge in [0, 0.05) is 12.5 Å². The molecule has 0 spiro atoms. The zero-order valence-electron chi connectivity index (χ0n) is 21.9. The molecule has 232 valence electrons. The van der Waals surface area contributed by atoms with Crippen molar-refractivity contribution in [2.24, 2.45) is 0 Å². The smallest absolute Gasteiger partial charge is 0.461 e. The molecule has 4 atom stereocenters. The normalized spacial score (nSPS) is 22.0. The van der Waals surface area contributed by atoms with Gasteiger partial charge in [0.2, 0.25) is 5.91 Å². The summed E-state index contributed by atoms with van der Waals surface area (Å²) in [7, 11) is 0. The Morgan fingerprint density at radius 2 is 1.65 bits per heavy atom. The third-order valence-corrected chi connectivity index (χ3v) is 6.60. The van der Waals surface area contributed by atoms with E-state index in [9.17, 15) is 49.4 Å². The highest BCUT2D eigenvalue weighted by atomic mass is 19.4. The second-order valence-corrected chi connectivity index (χ2v) is 9.73. The van der Waals surface area contributed by atoms with E-state index in [-0.39, 0.29) is 5.56 Å². The molecule has 1 aliphatic rings. The number of aliphatic hydroxyl groups excluding tert-OH is 1. The van der Waals surface area contributed by atoms with Gasteiger partial charge >= 0.3 is 18.7 Å². The van der Waals surface area contributed by atoms with Crippen molar-refractivity contribution in [2.45, 2.75) is 56.0 Å². The molecular weight excluding hydrogens is 599 g/mol. The standard InChI is InChI=1S/C28H23F9N2O4/c1-14-38-22(23(40)27(33,34)35)24(41)39-26(13-15-5-3-2-4-6-15,16-7-8-20(30)21(11-16)42-14)17-9-18(29)12-19(10-17)43-28(36,37)25(31)32/h2-12,14,22-23,25,38,40H,13H2,1H3,(H,39,41)/t14?,22?,23?,26-/m1/s1. The van der Waals surface area contributed by atoms with Crippen LogP contribution in [0.3, 0.4) is 0 Å². The third-order valence-electron chi connectivity index (χ3n) is 6.60. The predicted molar refractivity (Wildman–Crippen MR) is 133 cm³/mol. The summed E-state index contributed by atoms with van der Waals surface area (Å²) in [5, 5.41) is 14.6. The van der Waals surface area contributed by atoms with E-state index >= 15 is 0 Å². The minimum atomic E-state index is -5.35. The molecule has 0 saturated carbocycles. The first kappa shape index (κ1) is 31.9. The number of carbonyl (C=O) groups is 1. The van der Waals surface area contributed by atoms with E-state index in [1.165, 1.54) is 12.1 Å². The van der Waals surface area contributed by atoms with Crippen molar-refractivity contribution in [3.05, 3.63) is 95.1 Å². The number of hydrogen-bond acceptors (Lipinski definition) is 5. The number of rotatable bonds is 7. The highest BCUT2D eigenvalue weighted by Crippen LogP contribution is 2.40. The van der Waals surface area contributed by atoms with Gasteiger partial charge in [-0.15, -0.1) is 0 Å². The molecule has 0 radical (unpaired) electrons. The predicted octanol–water partition coefficient (Wildman–Crippen LogP) is 5.42. The molecule has 1 heterocycles. The van der Waals surface area contributed by atoms with Crippen molar-refractivity contribution in [3.8, 4) is 11.5 Å². The van der Waals surface area contributed by atoms with Crippen molar-refractivity contribution in [1.29, 1.82) is 0 Å². The number of hydrogen-bond donors (Lipinski definition) is 3. The lowest BCUT2D eigenvalue weighted by Gasteiger charge is -2.40. The number of amides is 1. The van der Waals surface area contributed by atoms with Crippen LogP contribution in [0.4, 0.5) is 39.5 Å². The van der Waals surface area contributed by atoms with Gasteiger partial charge in [0.05, 0.1) is 5.54 Å². The highest BCUT2D eigenvalue weighted by molar-refractivity contribution is 5.84. The molecule has 0 aromatic heterocycles. The Morgan fingerprint density at radius 1 is 0.977 bits per heavy atom. The molecule has 3 N–H and O–H groups in total. The Bertz CT molecular complexity index is 1460. The first-order valence-corrected chi connectivity index (χ1v) is 12.5. The van der Waals surface area contributed by atoms with Crippen LogP contribution >= 0.6 is 0 Å². The van der Waals surface area contributed by atoms with Crippen LogP contribution in [0, 0.1) is 11.6 Å². The molecule has 1 amide bonds. The quantitative estimate of drug-likeness (QED) is 0.307. The fourth-order valence-electron chi connectivity index (χ4n) is 4.65. The van der Waals surface area contributed by atoms with Crippen LogP contribution in [0.2, 0.25) is 0 Å². The van der Waals surface area contributed by atoms with E-state index in [1.807, 2.05) is 0 Å². The molecule has 4 rings (SSSR count).